The Balaban J connectivity index is 2.37. The van der Waals surface area contributed by atoms with Crippen LogP contribution in [0.4, 0.5) is 13.2 Å². The van der Waals surface area contributed by atoms with E-state index in [1.807, 2.05) is 0 Å². The average molecular weight is 215 g/mol. The van der Waals surface area contributed by atoms with Crippen LogP contribution in [0, 0.1) is 11.6 Å². The highest BCUT2D eigenvalue weighted by Crippen LogP contribution is 2.42. The molecule has 1 aliphatic rings. The van der Waals surface area contributed by atoms with Crippen LogP contribution in [0.1, 0.15) is 24.8 Å². The minimum atomic E-state index is -1.72. The molecular weight excluding hydrogens is 203 g/mol. The van der Waals surface area contributed by atoms with Crippen molar-refractivity contribution in [2.75, 3.05) is 0 Å². The van der Waals surface area contributed by atoms with E-state index in [4.69, 9.17) is 5.73 Å². The summed E-state index contributed by atoms with van der Waals surface area (Å²) in [5.74, 6) is -1.52. The fourth-order valence-corrected chi connectivity index (χ4v) is 2.13. The summed E-state index contributed by atoms with van der Waals surface area (Å²) in [4.78, 5) is 0. The maximum absolute atomic E-state index is 14.2. The second-order valence-electron chi connectivity index (χ2n) is 4.09. The van der Waals surface area contributed by atoms with Gasteiger partial charge in [-0.05, 0) is 25.0 Å². The second kappa shape index (κ2) is 3.52. The molecule has 2 unspecified atom stereocenters. The van der Waals surface area contributed by atoms with Crippen LogP contribution in [0.2, 0.25) is 0 Å². The number of alkyl halides is 1. The molecule has 1 fully saturated rings. The fraction of sp³-hybridized carbons (Fsp3) is 0.455. The van der Waals surface area contributed by atoms with Gasteiger partial charge < -0.3 is 5.73 Å². The van der Waals surface area contributed by atoms with E-state index in [-0.39, 0.29) is 24.4 Å². The molecule has 0 spiro atoms. The van der Waals surface area contributed by atoms with E-state index < -0.39 is 17.3 Å². The summed E-state index contributed by atoms with van der Waals surface area (Å²) >= 11 is 0. The first-order valence-electron chi connectivity index (χ1n) is 4.91. The van der Waals surface area contributed by atoms with Gasteiger partial charge in [0, 0.05) is 24.1 Å². The number of nitrogens with two attached hydrogens (primary N) is 1. The largest absolute Gasteiger partial charge is 0.328 e. The van der Waals surface area contributed by atoms with Gasteiger partial charge in [-0.3, -0.25) is 0 Å². The van der Waals surface area contributed by atoms with Crippen LogP contribution in [0.5, 0.6) is 0 Å². The first-order chi connectivity index (χ1) is 7.01. The molecule has 1 nitrogen and oxygen atoms in total. The van der Waals surface area contributed by atoms with E-state index in [0.717, 1.165) is 6.07 Å². The van der Waals surface area contributed by atoms with Gasteiger partial charge in [0.05, 0.1) is 0 Å². The summed E-state index contributed by atoms with van der Waals surface area (Å²) in [6, 6.07) is 2.71. The lowest BCUT2D eigenvalue weighted by Gasteiger charge is -2.20. The lowest BCUT2D eigenvalue weighted by Crippen LogP contribution is -2.22. The molecule has 1 aromatic rings. The van der Waals surface area contributed by atoms with Crippen LogP contribution in [0.15, 0.2) is 18.2 Å². The SMILES string of the molecule is NC1CCC(F)(c2ccc(F)cc2F)C1. The van der Waals surface area contributed by atoms with Gasteiger partial charge >= 0.3 is 0 Å². The predicted octanol–water partition coefficient (Wildman–Crippen LogP) is 2.64. The summed E-state index contributed by atoms with van der Waals surface area (Å²) in [5.41, 5.74) is 3.79. The molecule has 1 aromatic carbocycles. The Morgan fingerprint density at radius 3 is 2.60 bits per heavy atom. The summed E-state index contributed by atoms with van der Waals surface area (Å²) in [5, 5.41) is 0. The average Bonchev–Trinajstić information content (AvgIpc) is 2.46. The van der Waals surface area contributed by atoms with Gasteiger partial charge in [-0.25, -0.2) is 13.2 Å². The zero-order valence-electron chi connectivity index (χ0n) is 8.14. The molecule has 2 N–H and O–H groups in total. The molecule has 0 radical (unpaired) electrons. The maximum Gasteiger partial charge on any atom is 0.140 e. The van der Waals surface area contributed by atoms with Crippen LogP contribution in [0.3, 0.4) is 0 Å². The van der Waals surface area contributed by atoms with Gasteiger partial charge in [0.25, 0.3) is 0 Å². The minimum Gasteiger partial charge on any atom is -0.328 e. The molecule has 0 bridgehead atoms. The van der Waals surface area contributed by atoms with Crippen molar-refractivity contribution in [1.29, 1.82) is 0 Å². The monoisotopic (exact) mass is 215 g/mol. The number of benzene rings is 1. The third-order valence-electron chi connectivity index (χ3n) is 2.91. The van der Waals surface area contributed by atoms with Crippen LogP contribution in [0.25, 0.3) is 0 Å². The van der Waals surface area contributed by atoms with Crippen molar-refractivity contribution >= 4 is 0 Å². The number of hydrogen-bond donors (Lipinski definition) is 1. The van der Waals surface area contributed by atoms with Gasteiger partial charge in [0.1, 0.15) is 17.3 Å². The van der Waals surface area contributed by atoms with Gasteiger partial charge in [-0.15, -0.1) is 0 Å². The van der Waals surface area contributed by atoms with E-state index >= 15 is 0 Å². The lowest BCUT2D eigenvalue weighted by atomic mass is 9.93. The molecule has 0 saturated heterocycles. The summed E-state index contributed by atoms with van der Waals surface area (Å²) in [6.07, 6.45) is 0.847. The van der Waals surface area contributed by atoms with Gasteiger partial charge in [-0.1, -0.05) is 0 Å². The lowest BCUT2D eigenvalue weighted by molar-refractivity contribution is 0.166. The van der Waals surface area contributed by atoms with Gasteiger partial charge in [0.2, 0.25) is 0 Å². The Morgan fingerprint density at radius 2 is 2.07 bits per heavy atom. The summed E-state index contributed by atoms with van der Waals surface area (Å²) in [7, 11) is 0. The highest BCUT2D eigenvalue weighted by atomic mass is 19.2. The summed E-state index contributed by atoms with van der Waals surface area (Å²) < 4.78 is 40.2. The van der Waals surface area contributed by atoms with Crippen molar-refractivity contribution in [3.05, 3.63) is 35.4 Å². The zero-order chi connectivity index (χ0) is 11.1. The molecule has 2 rings (SSSR count). The van der Waals surface area contributed by atoms with Crippen LogP contribution in [-0.4, -0.2) is 6.04 Å². The third-order valence-corrected chi connectivity index (χ3v) is 2.91. The third kappa shape index (κ3) is 1.86. The van der Waals surface area contributed by atoms with Crippen LogP contribution in [-0.2, 0) is 5.67 Å². The standard InChI is InChI=1S/C11H12F3N/c12-7-1-2-9(10(13)5-7)11(14)4-3-8(15)6-11/h1-2,5,8H,3-4,6,15H2. The first-order valence-corrected chi connectivity index (χ1v) is 4.91. The Labute approximate surface area is 86.1 Å². The highest BCUT2D eigenvalue weighted by molar-refractivity contribution is 5.26. The molecular formula is C11H12F3N. The van der Waals surface area contributed by atoms with E-state index in [1.165, 1.54) is 6.07 Å². The molecule has 0 aliphatic heterocycles. The minimum absolute atomic E-state index is 0.0724. The quantitative estimate of drug-likeness (QED) is 0.765. The van der Waals surface area contributed by atoms with Crippen LogP contribution >= 0.6 is 0 Å². The Morgan fingerprint density at radius 1 is 1.33 bits per heavy atom. The number of halogens is 3. The normalized spacial score (nSPS) is 30.8. The highest BCUT2D eigenvalue weighted by Gasteiger charge is 2.41. The molecule has 4 heteroatoms. The van der Waals surface area contributed by atoms with Crippen molar-refractivity contribution < 1.29 is 13.2 Å². The molecule has 1 aliphatic carbocycles. The van der Waals surface area contributed by atoms with E-state index in [9.17, 15) is 13.2 Å². The van der Waals surface area contributed by atoms with Crippen molar-refractivity contribution in [2.45, 2.75) is 31.0 Å². The Hall–Kier alpha value is -1.03. The molecule has 0 aromatic heterocycles. The zero-order valence-corrected chi connectivity index (χ0v) is 8.14. The molecule has 0 heterocycles. The molecule has 1 saturated carbocycles. The number of rotatable bonds is 1. The fourth-order valence-electron chi connectivity index (χ4n) is 2.13. The van der Waals surface area contributed by atoms with Crippen molar-refractivity contribution in [2.24, 2.45) is 5.73 Å². The van der Waals surface area contributed by atoms with Crippen molar-refractivity contribution in [3.8, 4) is 0 Å². The van der Waals surface area contributed by atoms with E-state index in [2.05, 4.69) is 0 Å². The van der Waals surface area contributed by atoms with Crippen molar-refractivity contribution in [1.82, 2.24) is 0 Å². The summed E-state index contributed by atoms with van der Waals surface area (Å²) in [6.45, 7) is 0. The molecule has 82 valence electrons. The predicted molar refractivity (Wildman–Crippen MR) is 51.0 cm³/mol. The van der Waals surface area contributed by atoms with Gasteiger partial charge in [-0.2, -0.15) is 0 Å². The molecule has 0 amide bonds. The molecule has 15 heavy (non-hydrogen) atoms. The van der Waals surface area contributed by atoms with E-state index in [0.29, 0.717) is 12.5 Å². The Kier molecular flexibility index (Phi) is 2.46. The van der Waals surface area contributed by atoms with Gasteiger partial charge in [0.15, 0.2) is 0 Å². The molecule has 2 atom stereocenters. The Bertz CT molecular complexity index is 380. The van der Waals surface area contributed by atoms with Crippen molar-refractivity contribution in [3.63, 3.8) is 0 Å². The smallest absolute Gasteiger partial charge is 0.140 e. The number of hydrogen-bond acceptors (Lipinski definition) is 1. The first kappa shape index (κ1) is 10.5. The van der Waals surface area contributed by atoms with Crippen LogP contribution < -0.4 is 5.73 Å². The van der Waals surface area contributed by atoms with E-state index in [1.54, 1.807) is 0 Å². The second-order valence-corrected chi connectivity index (χ2v) is 4.09. The topological polar surface area (TPSA) is 26.0 Å². The maximum atomic E-state index is 14.2.